The van der Waals surface area contributed by atoms with Gasteiger partial charge in [-0.15, -0.1) is 11.8 Å². The molecule has 1 fully saturated rings. The van der Waals surface area contributed by atoms with E-state index in [0.29, 0.717) is 0 Å². The van der Waals surface area contributed by atoms with Crippen molar-refractivity contribution in [2.75, 3.05) is 26.4 Å². The van der Waals surface area contributed by atoms with Crippen LogP contribution >= 0.6 is 11.8 Å². The van der Waals surface area contributed by atoms with Gasteiger partial charge in [0, 0.05) is 38.6 Å². The molecule has 0 bridgehead atoms. The van der Waals surface area contributed by atoms with E-state index in [0.717, 1.165) is 43.2 Å². The zero-order chi connectivity index (χ0) is 17.7. The fraction of sp³-hybridized carbons (Fsp3) is 0.706. The van der Waals surface area contributed by atoms with E-state index >= 15 is 0 Å². The second-order valence-corrected chi connectivity index (χ2v) is 7.93. The highest BCUT2D eigenvalue weighted by Crippen LogP contribution is 2.21. The van der Waals surface area contributed by atoms with Crippen LogP contribution < -0.4 is 0 Å². The van der Waals surface area contributed by atoms with E-state index in [4.69, 9.17) is 4.74 Å². The van der Waals surface area contributed by atoms with E-state index in [1.54, 1.807) is 29.1 Å². The Balaban J connectivity index is 1.97. The number of likely N-dealkylation sites (N-methyl/N-ethyl adjacent to an activating group) is 1. The summed E-state index contributed by atoms with van der Waals surface area (Å²) >= 11 is 1.62. The van der Waals surface area contributed by atoms with Gasteiger partial charge in [0.2, 0.25) is 0 Å². The molecule has 2 rings (SSSR count). The number of carbonyl (C=O) groups excluding carboxylic acids is 1. The molecule has 1 amide bonds. The summed E-state index contributed by atoms with van der Waals surface area (Å²) in [5.41, 5.74) is 0.539. The first-order chi connectivity index (χ1) is 11.3. The molecule has 7 heteroatoms. The molecule has 24 heavy (non-hydrogen) atoms. The van der Waals surface area contributed by atoms with Crippen LogP contribution in [0.3, 0.4) is 0 Å². The molecule has 1 aliphatic rings. The molecule has 0 radical (unpaired) electrons. The summed E-state index contributed by atoms with van der Waals surface area (Å²) in [5, 5.41) is 0.972. The highest BCUT2D eigenvalue weighted by molar-refractivity contribution is 7.98. The Bertz CT molecular complexity index is 562. The summed E-state index contributed by atoms with van der Waals surface area (Å²) in [6.07, 6.45) is 7.30. The van der Waals surface area contributed by atoms with Gasteiger partial charge in [-0.05, 0) is 46.4 Å². The molecular formula is C17H28N4O2S. The van der Waals surface area contributed by atoms with Crippen molar-refractivity contribution >= 4 is 17.9 Å². The van der Waals surface area contributed by atoms with Gasteiger partial charge in [-0.3, -0.25) is 9.88 Å². The Hall–Kier alpha value is -1.34. The standard InChI is InChI=1S/C17H28N4O2S/c1-17(2,3)23-16(22)20(4)13-7-6-10-21(11-13)12-14-15(24-5)19-9-8-18-14/h8-9,13H,6-7,10-12H2,1-5H3/t13-/m0/s1. The van der Waals surface area contributed by atoms with Gasteiger partial charge in [-0.25, -0.2) is 9.78 Å². The molecule has 1 aromatic heterocycles. The number of rotatable bonds is 4. The number of hydrogen-bond acceptors (Lipinski definition) is 6. The lowest BCUT2D eigenvalue weighted by Crippen LogP contribution is -2.49. The smallest absolute Gasteiger partial charge is 0.410 e. The first kappa shape index (κ1) is 19.0. The van der Waals surface area contributed by atoms with Crippen LogP contribution in [0.4, 0.5) is 4.79 Å². The van der Waals surface area contributed by atoms with Gasteiger partial charge in [0.1, 0.15) is 10.6 Å². The van der Waals surface area contributed by atoms with Crippen LogP contribution in [-0.4, -0.2) is 63.9 Å². The molecule has 1 aromatic rings. The second kappa shape index (κ2) is 8.16. The van der Waals surface area contributed by atoms with Gasteiger partial charge in [-0.1, -0.05) is 0 Å². The molecule has 0 N–H and O–H groups in total. The van der Waals surface area contributed by atoms with Crippen LogP contribution in [0.15, 0.2) is 17.4 Å². The van der Waals surface area contributed by atoms with Gasteiger partial charge in [0.15, 0.2) is 0 Å². The predicted molar refractivity (Wildman–Crippen MR) is 96.1 cm³/mol. The van der Waals surface area contributed by atoms with Crippen LogP contribution in [0.5, 0.6) is 0 Å². The third-order valence-corrected chi connectivity index (χ3v) is 4.74. The Morgan fingerprint density at radius 1 is 1.42 bits per heavy atom. The minimum Gasteiger partial charge on any atom is -0.444 e. The van der Waals surface area contributed by atoms with Crippen molar-refractivity contribution in [3.05, 3.63) is 18.1 Å². The van der Waals surface area contributed by atoms with Crippen molar-refractivity contribution < 1.29 is 9.53 Å². The molecule has 2 heterocycles. The first-order valence-corrected chi connectivity index (χ1v) is 9.54. The fourth-order valence-corrected chi connectivity index (χ4v) is 3.34. The van der Waals surface area contributed by atoms with Crippen LogP contribution in [0.25, 0.3) is 0 Å². The normalized spacial score (nSPS) is 19.1. The number of likely N-dealkylation sites (tertiary alicyclic amines) is 1. The van der Waals surface area contributed by atoms with Crippen molar-refractivity contribution in [1.29, 1.82) is 0 Å². The molecule has 6 nitrogen and oxygen atoms in total. The van der Waals surface area contributed by atoms with Crippen molar-refractivity contribution in [2.45, 2.75) is 56.8 Å². The van der Waals surface area contributed by atoms with Crippen LogP contribution in [0, 0.1) is 0 Å². The van der Waals surface area contributed by atoms with Gasteiger partial charge < -0.3 is 9.64 Å². The van der Waals surface area contributed by atoms with Crippen LogP contribution in [0.1, 0.15) is 39.3 Å². The Labute approximate surface area is 149 Å². The van der Waals surface area contributed by atoms with Gasteiger partial charge in [0.05, 0.1) is 5.69 Å². The van der Waals surface area contributed by atoms with Crippen molar-refractivity contribution in [1.82, 2.24) is 19.8 Å². The largest absolute Gasteiger partial charge is 0.444 e. The lowest BCUT2D eigenvalue weighted by Gasteiger charge is -2.38. The second-order valence-electron chi connectivity index (χ2n) is 7.13. The van der Waals surface area contributed by atoms with Crippen LogP contribution in [0.2, 0.25) is 0 Å². The number of piperidine rings is 1. The average molecular weight is 353 g/mol. The van der Waals surface area contributed by atoms with E-state index in [1.807, 2.05) is 34.1 Å². The highest BCUT2D eigenvalue weighted by Gasteiger charge is 2.29. The molecule has 1 aliphatic heterocycles. The zero-order valence-electron chi connectivity index (χ0n) is 15.3. The number of thioether (sulfide) groups is 1. The van der Waals surface area contributed by atoms with Gasteiger partial charge in [0.25, 0.3) is 0 Å². The fourth-order valence-electron chi connectivity index (χ4n) is 2.82. The van der Waals surface area contributed by atoms with E-state index in [1.165, 1.54) is 0 Å². The molecule has 0 spiro atoms. The first-order valence-electron chi connectivity index (χ1n) is 8.32. The third kappa shape index (κ3) is 5.34. The number of carbonyl (C=O) groups is 1. The molecule has 1 atom stereocenters. The Morgan fingerprint density at radius 3 is 2.79 bits per heavy atom. The monoisotopic (exact) mass is 352 g/mol. The van der Waals surface area contributed by atoms with E-state index in [-0.39, 0.29) is 12.1 Å². The molecule has 0 aromatic carbocycles. The topological polar surface area (TPSA) is 58.6 Å². The van der Waals surface area contributed by atoms with Crippen LogP contribution in [-0.2, 0) is 11.3 Å². The zero-order valence-corrected chi connectivity index (χ0v) is 16.1. The summed E-state index contributed by atoms with van der Waals surface area (Å²) in [6, 6.07) is 0.169. The number of ether oxygens (including phenoxy) is 1. The minimum absolute atomic E-state index is 0.169. The molecular weight excluding hydrogens is 324 g/mol. The maximum Gasteiger partial charge on any atom is 0.410 e. The quantitative estimate of drug-likeness (QED) is 0.776. The predicted octanol–water partition coefficient (Wildman–Crippen LogP) is 3.03. The Morgan fingerprint density at radius 2 is 2.12 bits per heavy atom. The number of aromatic nitrogens is 2. The third-order valence-electron chi connectivity index (χ3n) is 4.01. The molecule has 134 valence electrons. The van der Waals surface area contributed by atoms with E-state index < -0.39 is 5.60 Å². The molecule has 0 unspecified atom stereocenters. The summed E-state index contributed by atoms with van der Waals surface area (Å²) in [5.74, 6) is 0. The molecule has 0 aliphatic carbocycles. The van der Waals surface area contributed by atoms with E-state index in [2.05, 4.69) is 14.9 Å². The van der Waals surface area contributed by atoms with E-state index in [9.17, 15) is 4.79 Å². The van der Waals surface area contributed by atoms with Crippen molar-refractivity contribution in [3.8, 4) is 0 Å². The Kier molecular flexibility index (Phi) is 6.46. The summed E-state index contributed by atoms with van der Waals surface area (Å²) in [7, 11) is 1.83. The lowest BCUT2D eigenvalue weighted by atomic mass is 10.0. The molecule has 1 saturated heterocycles. The lowest BCUT2D eigenvalue weighted by molar-refractivity contribution is 0.0128. The maximum atomic E-state index is 12.3. The number of amides is 1. The van der Waals surface area contributed by atoms with Gasteiger partial charge >= 0.3 is 6.09 Å². The van der Waals surface area contributed by atoms with Crippen molar-refractivity contribution in [2.24, 2.45) is 0 Å². The summed E-state index contributed by atoms with van der Waals surface area (Å²) in [6.45, 7) is 8.30. The summed E-state index contributed by atoms with van der Waals surface area (Å²) < 4.78 is 5.49. The SMILES string of the molecule is CSc1nccnc1CN1CCC[C@H](N(C)C(=O)OC(C)(C)C)C1. The highest BCUT2D eigenvalue weighted by atomic mass is 32.2. The number of hydrogen-bond donors (Lipinski definition) is 0. The molecule has 0 saturated carbocycles. The van der Waals surface area contributed by atoms with Crippen molar-refractivity contribution in [3.63, 3.8) is 0 Å². The number of nitrogens with zero attached hydrogens (tertiary/aromatic N) is 4. The average Bonchev–Trinajstić information content (AvgIpc) is 2.53. The van der Waals surface area contributed by atoms with Gasteiger partial charge in [-0.2, -0.15) is 0 Å². The summed E-state index contributed by atoms with van der Waals surface area (Å²) in [4.78, 5) is 25.2. The maximum absolute atomic E-state index is 12.3. The minimum atomic E-state index is -0.466.